The molecule has 1 amide bonds. The van der Waals surface area contributed by atoms with Crippen molar-refractivity contribution in [1.82, 2.24) is 20.0 Å². The third-order valence-electron chi connectivity index (χ3n) is 5.65. The van der Waals surface area contributed by atoms with Crippen LogP contribution in [-0.2, 0) is 18.4 Å². The number of likely N-dealkylation sites (tertiary alicyclic amines) is 1. The van der Waals surface area contributed by atoms with Crippen molar-refractivity contribution in [2.75, 3.05) is 19.6 Å². The van der Waals surface area contributed by atoms with E-state index in [0.717, 1.165) is 38.2 Å². The van der Waals surface area contributed by atoms with Crippen molar-refractivity contribution in [2.24, 2.45) is 12.5 Å². The third-order valence-corrected chi connectivity index (χ3v) is 5.65. The van der Waals surface area contributed by atoms with E-state index in [0.29, 0.717) is 12.5 Å². The van der Waals surface area contributed by atoms with Gasteiger partial charge >= 0.3 is 0 Å². The van der Waals surface area contributed by atoms with Crippen LogP contribution in [0.4, 0.5) is 0 Å². The maximum Gasteiger partial charge on any atom is 0.231 e. The minimum atomic E-state index is -0.319. The Hall–Kier alpha value is -2.14. The van der Waals surface area contributed by atoms with Crippen LogP contribution in [0, 0.1) is 5.41 Å². The summed E-state index contributed by atoms with van der Waals surface area (Å²) in [6.07, 6.45) is 3.85. The summed E-state index contributed by atoms with van der Waals surface area (Å²) in [4.78, 5) is 15.5. The molecule has 24 heavy (non-hydrogen) atoms. The molecule has 2 saturated heterocycles. The minimum Gasteiger partial charge on any atom is -0.338 e. The second kappa shape index (κ2) is 6.06. The number of aromatic nitrogens is 2. The Morgan fingerprint density at radius 2 is 2.12 bits per heavy atom. The van der Waals surface area contributed by atoms with Crippen LogP contribution in [0.15, 0.2) is 42.6 Å². The molecule has 1 spiro atoms. The summed E-state index contributed by atoms with van der Waals surface area (Å²) >= 11 is 0. The Morgan fingerprint density at radius 3 is 2.88 bits per heavy atom. The molecule has 1 aromatic carbocycles. The average Bonchev–Trinajstić information content (AvgIpc) is 3.19. The molecule has 3 heterocycles. The summed E-state index contributed by atoms with van der Waals surface area (Å²) in [5, 5.41) is 7.79. The maximum absolute atomic E-state index is 13.4. The number of rotatable bonds is 3. The van der Waals surface area contributed by atoms with Gasteiger partial charge in [0.15, 0.2) is 0 Å². The predicted molar refractivity (Wildman–Crippen MR) is 92.3 cm³/mol. The number of nitrogens with one attached hydrogen (secondary N) is 1. The zero-order chi connectivity index (χ0) is 16.6. The number of hydrogen-bond donors (Lipinski definition) is 1. The van der Waals surface area contributed by atoms with Gasteiger partial charge < -0.3 is 10.2 Å². The maximum atomic E-state index is 13.4. The van der Waals surface area contributed by atoms with Crippen LogP contribution in [0.3, 0.4) is 0 Å². The largest absolute Gasteiger partial charge is 0.338 e. The zero-order valence-electron chi connectivity index (χ0n) is 14.1. The molecule has 1 aromatic heterocycles. The first-order valence-electron chi connectivity index (χ1n) is 8.73. The van der Waals surface area contributed by atoms with Gasteiger partial charge in [0.05, 0.1) is 5.41 Å². The van der Waals surface area contributed by atoms with Gasteiger partial charge in [0.25, 0.3) is 0 Å². The first-order valence-corrected chi connectivity index (χ1v) is 8.73. The molecular formula is C19H24N4O. The molecule has 2 fully saturated rings. The topological polar surface area (TPSA) is 50.2 Å². The monoisotopic (exact) mass is 324 g/mol. The second-order valence-corrected chi connectivity index (χ2v) is 7.04. The molecule has 0 unspecified atom stereocenters. The summed E-state index contributed by atoms with van der Waals surface area (Å²) < 4.78 is 1.92. The molecule has 126 valence electrons. The van der Waals surface area contributed by atoms with E-state index in [-0.39, 0.29) is 11.3 Å². The molecule has 1 N–H and O–H groups in total. The van der Waals surface area contributed by atoms with Crippen LogP contribution >= 0.6 is 0 Å². The summed E-state index contributed by atoms with van der Waals surface area (Å²) in [6.45, 7) is 3.19. The molecule has 5 nitrogen and oxygen atoms in total. The van der Waals surface area contributed by atoms with Gasteiger partial charge in [0.2, 0.25) is 5.91 Å². The lowest BCUT2D eigenvalue weighted by molar-refractivity contribution is -0.147. The van der Waals surface area contributed by atoms with Crippen molar-refractivity contribution in [3.63, 3.8) is 0 Å². The van der Waals surface area contributed by atoms with Crippen LogP contribution in [0.25, 0.3) is 0 Å². The molecule has 0 bridgehead atoms. The number of aryl methyl sites for hydroxylation is 1. The third kappa shape index (κ3) is 2.44. The van der Waals surface area contributed by atoms with Gasteiger partial charge in [-0.05, 0) is 24.5 Å². The second-order valence-electron chi connectivity index (χ2n) is 7.04. The number of hydrogen-bond acceptors (Lipinski definition) is 3. The quantitative estimate of drug-likeness (QED) is 0.938. The summed E-state index contributed by atoms with van der Waals surface area (Å²) in [5.41, 5.74) is 2.04. The van der Waals surface area contributed by atoms with E-state index >= 15 is 0 Å². The van der Waals surface area contributed by atoms with Gasteiger partial charge in [-0.15, -0.1) is 0 Å². The van der Waals surface area contributed by atoms with Crippen LogP contribution < -0.4 is 5.32 Å². The fourth-order valence-electron chi connectivity index (χ4n) is 4.42. The fraction of sp³-hybridized carbons (Fsp3) is 0.474. The van der Waals surface area contributed by atoms with Crippen LogP contribution in [0.1, 0.15) is 30.0 Å². The van der Waals surface area contributed by atoms with Crippen molar-refractivity contribution in [1.29, 1.82) is 0 Å². The normalized spacial score (nSPS) is 27.1. The number of piperidine rings is 1. The van der Waals surface area contributed by atoms with Crippen molar-refractivity contribution >= 4 is 5.91 Å². The minimum absolute atomic E-state index is 0.205. The molecule has 2 atom stereocenters. The van der Waals surface area contributed by atoms with E-state index in [1.54, 1.807) is 0 Å². The summed E-state index contributed by atoms with van der Waals surface area (Å²) in [6, 6.07) is 12.3. The van der Waals surface area contributed by atoms with Crippen LogP contribution in [0.2, 0.25) is 0 Å². The van der Waals surface area contributed by atoms with E-state index in [1.807, 2.05) is 36.1 Å². The number of carbonyl (C=O) groups excluding carboxylic acids is 1. The van der Waals surface area contributed by atoms with Crippen molar-refractivity contribution in [3.05, 3.63) is 53.9 Å². The van der Waals surface area contributed by atoms with E-state index in [1.165, 1.54) is 5.56 Å². The average molecular weight is 324 g/mol. The Kier molecular flexibility index (Phi) is 3.88. The molecule has 0 aliphatic carbocycles. The highest BCUT2D eigenvalue weighted by Crippen LogP contribution is 2.46. The van der Waals surface area contributed by atoms with Crippen molar-refractivity contribution in [3.8, 4) is 0 Å². The van der Waals surface area contributed by atoms with Crippen LogP contribution in [0.5, 0.6) is 0 Å². The molecule has 2 aromatic rings. The highest BCUT2D eigenvalue weighted by Gasteiger charge is 2.53. The first-order chi connectivity index (χ1) is 11.7. The van der Waals surface area contributed by atoms with E-state index in [9.17, 15) is 4.79 Å². The molecule has 5 heteroatoms. The van der Waals surface area contributed by atoms with E-state index < -0.39 is 0 Å². The first kappa shape index (κ1) is 15.4. The lowest BCUT2D eigenvalue weighted by atomic mass is 9.70. The van der Waals surface area contributed by atoms with Gasteiger partial charge in [0.1, 0.15) is 0 Å². The Morgan fingerprint density at radius 1 is 1.29 bits per heavy atom. The Balaban J connectivity index is 1.62. The van der Waals surface area contributed by atoms with Gasteiger partial charge in [-0.3, -0.25) is 9.48 Å². The smallest absolute Gasteiger partial charge is 0.231 e. The SMILES string of the molecule is Cn1nccc1[C@H]1CNC[C@@]12CCCN(Cc1ccccc1)C2=O. The van der Waals surface area contributed by atoms with E-state index in [2.05, 4.69) is 33.5 Å². The molecule has 0 saturated carbocycles. The molecule has 0 radical (unpaired) electrons. The number of nitrogens with zero attached hydrogens (tertiary/aromatic N) is 3. The Labute approximate surface area is 142 Å². The standard InChI is InChI=1S/C19H24N4O/c1-22-17(8-10-21-22)16-12-20-14-19(16)9-5-11-23(18(19)24)13-15-6-3-2-4-7-15/h2-4,6-8,10,16,20H,5,9,11-14H2,1H3/t16-,19+/m1/s1. The highest BCUT2D eigenvalue weighted by molar-refractivity contribution is 5.85. The number of carbonyl (C=O) groups is 1. The lowest BCUT2D eigenvalue weighted by Gasteiger charge is -2.42. The molecule has 2 aliphatic heterocycles. The van der Waals surface area contributed by atoms with Gasteiger partial charge in [-0.2, -0.15) is 5.10 Å². The predicted octanol–water partition coefficient (Wildman–Crippen LogP) is 1.92. The van der Waals surface area contributed by atoms with Crippen molar-refractivity contribution < 1.29 is 4.79 Å². The van der Waals surface area contributed by atoms with Gasteiger partial charge in [-0.1, -0.05) is 30.3 Å². The van der Waals surface area contributed by atoms with Crippen LogP contribution in [-0.4, -0.2) is 40.2 Å². The molecular weight excluding hydrogens is 300 g/mol. The highest BCUT2D eigenvalue weighted by atomic mass is 16.2. The molecule has 4 rings (SSSR count). The van der Waals surface area contributed by atoms with Gasteiger partial charge in [-0.25, -0.2) is 0 Å². The summed E-state index contributed by atoms with van der Waals surface area (Å²) in [5.74, 6) is 0.505. The fourth-order valence-corrected chi connectivity index (χ4v) is 4.42. The van der Waals surface area contributed by atoms with Crippen molar-refractivity contribution in [2.45, 2.75) is 25.3 Å². The number of amides is 1. The van der Waals surface area contributed by atoms with E-state index in [4.69, 9.17) is 0 Å². The number of benzene rings is 1. The summed E-state index contributed by atoms with van der Waals surface area (Å²) in [7, 11) is 1.97. The Bertz CT molecular complexity index is 726. The molecule has 2 aliphatic rings. The van der Waals surface area contributed by atoms with Gasteiger partial charge in [0, 0.05) is 51.0 Å². The lowest BCUT2D eigenvalue weighted by Crippen LogP contribution is -2.51. The zero-order valence-corrected chi connectivity index (χ0v) is 14.1.